The fourth-order valence-corrected chi connectivity index (χ4v) is 1.61. The Morgan fingerprint density at radius 3 is 2.45 bits per heavy atom. The number of amides is 1. The minimum atomic E-state index is -0.202. The highest BCUT2D eigenvalue weighted by Crippen LogP contribution is 2.29. The van der Waals surface area contributed by atoms with Crippen molar-refractivity contribution >= 4 is 11.6 Å². The van der Waals surface area contributed by atoms with E-state index in [4.69, 9.17) is 15.2 Å². The molecule has 0 heterocycles. The van der Waals surface area contributed by atoms with Gasteiger partial charge >= 0.3 is 0 Å². The van der Waals surface area contributed by atoms with Gasteiger partial charge in [0.05, 0.1) is 19.9 Å². The second kappa shape index (κ2) is 6.61. The summed E-state index contributed by atoms with van der Waals surface area (Å²) < 4.78 is 10.3. The van der Waals surface area contributed by atoms with Crippen molar-refractivity contribution in [2.75, 3.05) is 19.5 Å². The first-order valence-electron chi connectivity index (χ1n) is 6.55. The van der Waals surface area contributed by atoms with Crippen molar-refractivity contribution in [1.82, 2.24) is 0 Å². The zero-order valence-corrected chi connectivity index (χ0v) is 12.8. The third-order valence-electron chi connectivity index (χ3n) is 3.20. The lowest BCUT2D eigenvalue weighted by molar-refractivity contribution is -0.117. The first kappa shape index (κ1) is 16.3. The van der Waals surface area contributed by atoms with Crippen molar-refractivity contribution < 1.29 is 14.3 Å². The highest BCUT2D eigenvalue weighted by atomic mass is 16.5. The maximum Gasteiger partial charge on any atom is 0.226 e. The Bertz CT molecular complexity index is 467. The van der Waals surface area contributed by atoms with Crippen LogP contribution in [0.3, 0.4) is 0 Å². The zero-order chi connectivity index (χ0) is 15.3. The van der Waals surface area contributed by atoms with Crippen LogP contribution in [0.4, 0.5) is 5.69 Å². The number of hydrogen-bond donors (Lipinski definition) is 2. The average Bonchev–Trinajstić information content (AvgIpc) is 2.37. The summed E-state index contributed by atoms with van der Waals surface area (Å²) in [6, 6.07) is 5.03. The van der Waals surface area contributed by atoms with Gasteiger partial charge in [-0.05, 0) is 17.5 Å². The number of benzene rings is 1. The Balaban J connectivity index is 2.76. The normalized spacial score (nSPS) is 12.7. The van der Waals surface area contributed by atoms with E-state index in [0.29, 0.717) is 17.2 Å². The van der Waals surface area contributed by atoms with Crippen LogP contribution in [0.15, 0.2) is 18.2 Å². The molecule has 20 heavy (non-hydrogen) atoms. The lowest BCUT2D eigenvalue weighted by Gasteiger charge is -2.26. The second-order valence-corrected chi connectivity index (χ2v) is 5.79. The molecule has 0 aliphatic heterocycles. The van der Waals surface area contributed by atoms with Gasteiger partial charge < -0.3 is 20.5 Å². The Kier molecular flexibility index (Phi) is 5.39. The molecule has 0 fully saturated rings. The summed E-state index contributed by atoms with van der Waals surface area (Å²) in [5.74, 6) is 1.10. The summed E-state index contributed by atoms with van der Waals surface area (Å²) in [4.78, 5) is 12.0. The van der Waals surface area contributed by atoms with Gasteiger partial charge in [0.1, 0.15) is 11.5 Å². The van der Waals surface area contributed by atoms with Crippen LogP contribution in [0.25, 0.3) is 0 Å². The van der Waals surface area contributed by atoms with E-state index in [1.54, 1.807) is 32.4 Å². The Labute approximate surface area is 120 Å². The number of carbonyl (C=O) groups excluding carboxylic acids is 1. The molecule has 1 rings (SSSR count). The molecule has 0 aliphatic rings. The molecule has 3 N–H and O–H groups in total. The van der Waals surface area contributed by atoms with Gasteiger partial charge in [0.2, 0.25) is 5.91 Å². The van der Waals surface area contributed by atoms with E-state index >= 15 is 0 Å². The van der Waals surface area contributed by atoms with E-state index in [1.165, 1.54) is 0 Å². The van der Waals surface area contributed by atoms with Gasteiger partial charge in [-0.1, -0.05) is 20.8 Å². The Hall–Kier alpha value is -1.75. The summed E-state index contributed by atoms with van der Waals surface area (Å²) in [7, 11) is 3.13. The van der Waals surface area contributed by atoms with E-state index in [0.717, 1.165) is 0 Å². The SMILES string of the molecule is COc1ccc(NC(=O)CC(N)C(C)(C)C)c(OC)c1. The maximum atomic E-state index is 12.0. The van der Waals surface area contributed by atoms with E-state index in [9.17, 15) is 4.79 Å². The standard InChI is InChI=1S/C15H24N2O3/c1-15(2,3)13(16)9-14(18)17-11-7-6-10(19-4)8-12(11)20-5/h6-8,13H,9,16H2,1-5H3,(H,17,18). The monoisotopic (exact) mass is 280 g/mol. The number of ether oxygens (including phenoxy) is 2. The molecule has 0 saturated carbocycles. The van der Waals surface area contributed by atoms with Gasteiger partial charge in [-0.25, -0.2) is 0 Å². The molecule has 1 aromatic carbocycles. The fraction of sp³-hybridized carbons (Fsp3) is 0.533. The van der Waals surface area contributed by atoms with E-state index in [-0.39, 0.29) is 23.8 Å². The van der Waals surface area contributed by atoms with Crippen LogP contribution in [0, 0.1) is 5.41 Å². The molecule has 0 radical (unpaired) electrons. The van der Waals surface area contributed by atoms with Gasteiger partial charge in [-0.15, -0.1) is 0 Å². The molecule has 0 bridgehead atoms. The summed E-state index contributed by atoms with van der Waals surface area (Å²) in [6.45, 7) is 6.04. The van der Waals surface area contributed by atoms with Crippen LogP contribution in [0.1, 0.15) is 27.2 Å². The predicted molar refractivity (Wildman–Crippen MR) is 80.2 cm³/mol. The van der Waals surface area contributed by atoms with Crippen LogP contribution in [0.5, 0.6) is 11.5 Å². The van der Waals surface area contributed by atoms with Crippen LogP contribution >= 0.6 is 0 Å². The Morgan fingerprint density at radius 1 is 1.30 bits per heavy atom. The van der Waals surface area contributed by atoms with Gasteiger partial charge in [0.25, 0.3) is 0 Å². The van der Waals surface area contributed by atoms with Gasteiger partial charge in [0, 0.05) is 18.5 Å². The van der Waals surface area contributed by atoms with Crippen LogP contribution in [0.2, 0.25) is 0 Å². The molecule has 1 atom stereocenters. The summed E-state index contributed by atoms with van der Waals surface area (Å²) in [6.07, 6.45) is 0.263. The molecule has 0 aromatic heterocycles. The summed E-state index contributed by atoms with van der Waals surface area (Å²) in [5.41, 5.74) is 6.51. The largest absolute Gasteiger partial charge is 0.497 e. The van der Waals surface area contributed by atoms with E-state index in [2.05, 4.69) is 5.32 Å². The van der Waals surface area contributed by atoms with Crippen LogP contribution < -0.4 is 20.5 Å². The molecule has 0 spiro atoms. The van der Waals surface area contributed by atoms with E-state index < -0.39 is 0 Å². The minimum absolute atomic E-state index is 0.110. The predicted octanol–water partition coefficient (Wildman–Crippen LogP) is 2.41. The molecule has 0 saturated heterocycles. The highest BCUT2D eigenvalue weighted by molar-refractivity contribution is 5.92. The molecule has 0 aliphatic carbocycles. The summed E-state index contributed by atoms with van der Waals surface area (Å²) in [5, 5.41) is 2.82. The lowest BCUT2D eigenvalue weighted by atomic mass is 9.85. The molecule has 5 nitrogen and oxygen atoms in total. The highest BCUT2D eigenvalue weighted by Gasteiger charge is 2.23. The molecular weight excluding hydrogens is 256 g/mol. The number of nitrogens with one attached hydrogen (secondary N) is 1. The van der Waals surface area contributed by atoms with E-state index in [1.807, 2.05) is 20.8 Å². The number of nitrogens with two attached hydrogens (primary N) is 1. The first-order chi connectivity index (χ1) is 9.27. The van der Waals surface area contributed by atoms with Gasteiger partial charge in [0.15, 0.2) is 0 Å². The zero-order valence-electron chi connectivity index (χ0n) is 12.8. The summed E-state index contributed by atoms with van der Waals surface area (Å²) >= 11 is 0. The van der Waals surface area contributed by atoms with Crippen molar-refractivity contribution in [3.05, 3.63) is 18.2 Å². The number of anilines is 1. The van der Waals surface area contributed by atoms with Crippen molar-refractivity contribution in [2.24, 2.45) is 11.1 Å². The van der Waals surface area contributed by atoms with Crippen molar-refractivity contribution in [2.45, 2.75) is 33.2 Å². The van der Waals surface area contributed by atoms with Crippen LogP contribution in [-0.4, -0.2) is 26.2 Å². The van der Waals surface area contributed by atoms with Crippen molar-refractivity contribution in [3.63, 3.8) is 0 Å². The molecule has 1 aromatic rings. The van der Waals surface area contributed by atoms with Gasteiger partial charge in [-0.2, -0.15) is 0 Å². The number of carbonyl (C=O) groups is 1. The number of hydrogen-bond acceptors (Lipinski definition) is 4. The third-order valence-corrected chi connectivity index (χ3v) is 3.20. The van der Waals surface area contributed by atoms with Crippen molar-refractivity contribution in [3.8, 4) is 11.5 Å². The number of methoxy groups -OCH3 is 2. The molecule has 1 unspecified atom stereocenters. The number of rotatable bonds is 5. The molecule has 112 valence electrons. The second-order valence-electron chi connectivity index (χ2n) is 5.79. The quantitative estimate of drug-likeness (QED) is 0.868. The van der Waals surface area contributed by atoms with Crippen molar-refractivity contribution in [1.29, 1.82) is 0 Å². The minimum Gasteiger partial charge on any atom is -0.497 e. The van der Waals surface area contributed by atoms with Gasteiger partial charge in [-0.3, -0.25) is 4.79 Å². The smallest absolute Gasteiger partial charge is 0.226 e. The van der Waals surface area contributed by atoms with Crippen LogP contribution in [-0.2, 0) is 4.79 Å². The first-order valence-corrected chi connectivity index (χ1v) is 6.55. The average molecular weight is 280 g/mol. The molecular formula is C15H24N2O3. The maximum absolute atomic E-state index is 12.0. The fourth-order valence-electron chi connectivity index (χ4n) is 1.61. The molecule has 5 heteroatoms. The Morgan fingerprint density at radius 2 is 1.95 bits per heavy atom. The topological polar surface area (TPSA) is 73.6 Å². The molecule has 1 amide bonds. The third kappa shape index (κ3) is 4.42. The lowest BCUT2D eigenvalue weighted by Crippen LogP contribution is -2.38.